The van der Waals surface area contributed by atoms with Gasteiger partial charge in [0.05, 0.1) is 11.4 Å². The minimum absolute atomic E-state index is 0.672. The first kappa shape index (κ1) is 31.2. The molecule has 11 rings (SSSR count). The van der Waals surface area contributed by atoms with Gasteiger partial charge in [-0.15, -0.1) is 0 Å². The first-order valence-corrected chi connectivity index (χ1v) is 18.7. The highest BCUT2D eigenvalue weighted by atomic mass is 16.3. The lowest BCUT2D eigenvalue weighted by molar-refractivity contribution is 0.670. The molecule has 0 saturated carbocycles. The van der Waals surface area contributed by atoms with Gasteiger partial charge in [-0.2, -0.15) is 0 Å². The molecule has 0 aliphatic heterocycles. The summed E-state index contributed by atoms with van der Waals surface area (Å²) in [6, 6.07) is 68.5. The van der Waals surface area contributed by atoms with Crippen molar-refractivity contribution in [2.75, 3.05) is 0 Å². The van der Waals surface area contributed by atoms with E-state index < -0.39 is 0 Å². The molecule has 0 bridgehead atoms. The largest absolute Gasteiger partial charge is 0.455 e. The molecule has 11 aromatic rings. The first-order chi connectivity index (χ1) is 27.3. The Bertz CT molecular complexity index is 3250. The van der Waals surface area contributed by atoms with Crippen molar-refractivity contribution in [2.24, 2.45) is 0 Å². The maximum absolute atomic E-state index is 6.56. The molecular formula is C52H32N2O. The molecule has 3 heteroatoms. The highest BCUT2D eigenvalue weighted by Gasteiger charge is 2.20. The van der Waals surface area contributed by atoms with Gasteiger partial charge in [-0.3, -0.25) is 0 Å². The van der Waals surface area contributed by atoms with Crippen LogP contribution in [0.15, 0.2) is 199 Å². The lowest BCUT2D eigenvalue weighted by Crippen LogP contribution is -1.98. The third kappa shape index (κ3) is 5.20. The fourth-order valence-electron chi connectivity index (χ4n) is 8.28. The number of benzene rings is 9. The Morgan fingerprint density at radius 2 is 0.945 bits per heavy atom. The lowest BCUT2D eigenvalue weighted by Gasteiger charge is -2.16. The number of rotatable bonds is 5. The summed E-state index contributed by atoms with van der Waals surface area (Å²) in [4.78, 5) is 10.8. The average Bonchev–Trinajstić information content (AvgIpc) is 3.65. The van der Waals surface area contributed by atoms with Crippen molar-refractivity contribution in [3.63, 3.8) is 0 Å². The zero-order valence-corrected chi connectivity index (χ0v) is 29.8. The van der Waals surface area contributed by atoms with E-state index in [0.717, 1.165) is 77.5 Å². The van der Waals surface area contributed by atoms with Crippen LogP contribution in [0.4, 0.5) is 0 Å². The molecule has 2 heterocycles. The summed E-state index contributed by atoms with van der Waals surface area (Å²) in [6.45, 7) is 0. The second-order valence-corrected chi connectivity index (χ2v) is 14.1. The quantitative estimate of drug-likeness (QED) is 0.133. The Morgan fingerprint density at radius 1 is 0.327 bits per heavy atom. The molecule has 256 valence electrons. The molecular weight excluding hydrogens is 669 g/mol. The molecule has 0 radical (unpaired) electrons. The molecule has 0 fully saturated rings. The molecule has 55 heavy (non-hydrogen) atoms. The number of fused-ring (bicyclic) bond motifs is 7. The van der Waals surface area contributed by atoms with Crippen LogP contribution in [-0.2, 0) is 0 Å². The zero-order chi connectivity index (χ0) is 36.3. The van der Waals surface area contributed by atoms with E-state index in [0.29, 0.717) is 5.82 Å². The van der Waals surface area contributed by atoms with Crippen molar-refractivity contribution in [3.8, 4) is 56.2 Å². The van der Waals surface area contributed by atoms with Gasteiger partial charge in [-0.25, -0.2) is 9.97 Å². The van der Waals surface area contributed by atoms with Crippen LogP contribution in [0.3, 0.4) is 0 Å². The van der Waals surface area contributed by atoms with Crippen LogP contribution in [0.25, 0.3) is 110 Å². The van der Waals surface area contributed by atoms with E-state index in [1.54, 1.807) is 0 Å². The van der Waals surface area contributed by atoms with Crippen molar-refractivity contribution in [1.82, 2.24) is 9.97 Å². The summed E-state index contributed by atoms with van der Waals surface area (Å²) in [5.41, 5.74) is 10.9. The van der Waals surface area contributed by atoms with E-state index in [4.69, 9.17) is 14.4 Å². The van der Waals surface area contributed by atoms with E-state index >= 15 is 0 Å². The van der Waals surface area contributed by atoms with Gasteiger partial charge in [0.15, 0.2) is 5.82 Å². The monoisotopic (exact) mass is 700 g/mol. The third-order valence-corrected chi connectivity index (χ3v) is 10.9. The lowest BCUT2D eigenvalue weighted by atomic mass is 9.90. The van der Waals surface area contributed by atoms with Gasteiger partial charge in [-0.1, -0.05) is 176 Å². The zero-order valence-electron chi connectivity index (χ0n) is 29.8. The van der Waals surface area contributed by atoms with Crippen LogP contribution in [-0.4, -0.2) is 9.97 Å². The Balaban J connectivity index is 1.19. The SMILES string of the molecule is c1ccc(-c2ccc(-c3nc(-c4ccccc4-c4cccc5c4oc4ccccc45)cc(-c4c5ccccc5cc5c4ccc4ccccc45)n3)cc2)cc1. The van der Waals surface area contributed by atoms with Gasteiger partial charge < -0.3 is 4.42 Å². The minimum Gasteiger partial charge on any atom is -0.455 e. The Morgan fingerprint density at radius 3 is 1.80 bits per heavy atom. The second-order valence-electron chi connectivity index (χ2n) is 14.1. The van der Waals surface area contributed by atoms with Gasteiger partial charge >= 0.3 is 0 Å². The number of hydrogen-bond donors (Lipinski definition) is 0. The molecule has 0 amide bonds. The fourth-order valence-corrected chi connectivity index (χ4v) is 8.28. The van der Waals surface area contributed by atoms with Crippen molar-refractivity contribution in [1.29, 1.82) is 0 Å². The Labute approximate surface area is 317 Å². The van der Waals surface area contributed by atoms with Gasteiger partial charge in [0.1, 0.15) is 11.2 Å². The van der Waals surface area contributed by atoms with E-state index in [2.05, 4.69) is 176 Å². The van der Waals surface area contributed by atoms with Gasteiger partial charge in [-0.05, 0) is 67.2 Å². The van der Waals surface area contributed by atoms with Crippen LogP contribution in [0.1, 0.15) is 0 Å². The van der Waals surface area contributed by atoms with Crippen molar-refractivity contribution in [2.45, 2.75) is 0 Å². The topological polar surface area (TPSA) is 38.9 Å². The molecule has 9 aromatic carbocycles. The predicted molar refractivity (Wildman–Crippen MR) is 229 cm³/mol. The fraction of sp³-hybridized carbons (Fsp3) is 0. The smallest absolute Gasteiger partial charge is 0.160 e. The van der Waals surface area contributed by atoms with Crippen molar-refractivity contribution in [3.05, 3.63) is 194 Å². The van der Waals surface area contributed by atoms with E-state index in [1.807, 2.05) is 18.2 Å². The third-order valence-electron chi connectivity index (χ3n) is 10.9. The maximum Gasteiger partial charge on any atom is 0.160 e. The number of para-hydroxylation sites is 2. The van der Waals surface area contributed by atoms with E-state index in [1.165, 1.54) is 27.1 Å². The highest BCUT2D eigenvalue weighted by molar-refractivity contribution is 6.20. The normalized spacial score (nSPS) is 11.6. The van der Waals surface area contributed by atoms with Gasteiger partial charge in [0.2, 0.25) is 0 Å². The van der Waals surface area contributed by atoms with Crippen molar-refractivity contribution < 1.29 is 4.42 Å². The maximum atomic E-state index is 6.56. The van der Waals surface area contributed by atoms with E-state index in [-0.39, 0.29) is 0 Å². The summed E-state index contributed by atoms with van der Waals surface area (Å²) in [5.74, 6) is 0.672. The van der Waals surface area contributed by atoms with Gasteiger partial charge in [0, 0.05) is 33.0 Å². The van der Waals surface area contributed by atoms with Crippen molar-refractivity contribution >= 4 is 54.3 Å². The minimum atomic E-state index is 0.672. The molecule has 0 aliphatic carbocycles. The average molecular weight is 701 g/mol. The predicted octanol–water partition coefficient (Wildman–Crippen LogP) is 14.2. The highest BCUT2D eigenvalue weighted by Crippen LogP contribution is 2.43. The second kappa shape index (κ2) is 12.6. The number of aromatic nitrogens is 2. The molecule has 2 aromatic heterocycles. The van der Waals surface area contributed by atoms with Crippen LogP contribution >= 0.6 is 0 Å². The standard InChI is InChI=1S/C52H32N2O/c1-2-13-33(14-3-1)34-25-27-36(28-26-34)52-53-47(41-20-9-8-19-40(41)44-22-12-23-45-42-21-10-11-24-49(42)55-51(44)45)32-48(54-52)50-39-18-7-5-16-37(39)31-46-38-17-6-4-15-35(38)29-30-43(46)50/h1-32H. The summed E-state index contributed by atoms with van der Waals surface area (Å²) >= 11 is 0. The van der Waals surface area contributed by atoms with Gasteiger partial charge in [0.25, 0.3) is 0 Å². The molecule has 0 N–H and O–H groups in total. The number of hydrogen-bond acceptors (Lipinski definition) is 3. The van der Waals surface area contributed by atoms with Crippen LogP contribution < -0.4 is 0 Å². The van der Waals surface area contributed by atoms with Crippen LogP contribution in [0.5, 0.6) is 0 Å². The molecule has 0 atom stereocenters. The van der Waals surface area contributed by atoms with Crippen LogP contribution in [0.2, 0.25) is 0 Å². The molecule has 3 nitrogen and oxygen atoms in total. The molecule has 0 spiro atoms. The van der Waals surface area contributed by atoms with E-state index in [9.17, 15) is 0 Å². The first-order valence-electron chi connectivity index (χ1n) is 18.7. The Kier molecular flexibility index (Phi) is 7.17. The number of furan rings is 1. The summed E-state index contributed by atoms with van der Waals surface area (Å²) < 4.78 is 6.56. The summed E-state index contributed by atoms with van der Waals surface area (Å²) in [6.07, 6.45) is 0. The molecule has 0 aliphatic rings. The summed E-state index contributed by atoms with van der Waals surface area (Å²) in [5, 5.41) is 9.34. The Hall–Kier alpha value is -7.36. The number of nitrogens with zero attached hydrogens (tertiary/aromatic N) is 2. The summed E-state index contributed by atoms with van der Waals surface area (Å²) in [7, 11) is 0. The molecule has 0 saturated heterocycles. The molecule has 0 unspecified atom stereocenters. The van der Waals surface area contributed by atoms with Crippen LogP contribution in [0, 0.1) is 0 Å².